The molecule has 2 atom stereocenters. The maximum atomic E-state index is 10.1. The predicted octanol–water partition coefficient (Wildman–Crippen LogP) is 3.48. The average Bonchev–Trinajstić information content (AvgIpc) is 2.34. The molecule has 2 heteroatoms. The Hall–Kier alpha value is -0.860. The molecular formula is C16H27NO. The van der Waals surface area contributed by atoms with Crippen molar-refractivity contribution >= 4 is 0 Å². The zero-order valence-electron chi connectivity index (χ0n) is 12.4. The normalized spacial score (nSPS) is 15.7. The highest BCUT2D eigenvalue weighted by molar-refractivity contribution is 5.17. The second-order valence-electron chi connectivity index (χ2n) is 6.24. The lowest BCUT2D eigenvalue weighted by Crippen LogP contribution is -2.40. The lowest BCUT2D eigenvalue weighted by molar-refractivity contribution is 0.104. The summed E-state index contributed by atoms with van der Waals surface area (Å²) in [6, 6.07) is 10.4. The van der Waals surface area contributed by atoms with E-state index in [1.807, 2.05) is 30.3 Å². The van der Waals surface area contributed by atoms with Crippen molar-refractivity contribution < 1.29 is 5.11 Å². The van der Waals surface area contributed by atoms with Gasteiger partial charge < -0.3 is 10.0 Å². The predicted molar refractivity (Wildman–Crippen MR) is 77.6 cm³/mol. The van der Waals surface area contributed by atoms with Crippen LogP contribution in [0.5, 0.6) is 0 Å². The highest BCUT2D eigenvalue weighted by atomic mass is 16.3. The van der Waals surface area contributed by atoms with Crippen molar-refractivity contribution in [2.24, 2.45) is 5.41 Å². The largest absolute Gasteiger partial charge is 0.388 e. The van der Waals surface area contributed by atoms with Gasteiger partial charge in [0.05, 0.1) is 6.10 Å². The van der Waals surface area contributed by atoms with E-state index in [1.54, 1.807) is 0 Å². The first-order valence-corrected chi connectivity index (χ1v) is 6.75. The number of aliphatic hydroxyl groups excluding tert-OH is 1. The summed E-state index contributed by atoms with van der Waals surface area (Å²) in [5.74, 6) is 0. The summed E-state index contributed by atoms with van der Waals surface area (Å²) >= 11 is 0. The monoisotopic (exact) mass is 249 g/mol. The van der Waals surface area contributed by atoms with Gasteiger partial charge in [-0.15, -0.1) is 0 Å². The number of hydrogen-bond donors (Lipinski definition) is 1. The third-order valence-corrected chi connectivity index (χ3v) is 3.85. The summed E-state index contributed by atoms with van der Waals surface area (Å²) in [7, 11) is 2.13. The highest BCUT2D eigenvalue weighted by Gasteiger charge is 2.23. The SMILES string of the molecule is CC(N(C)CC[C@@H](O)c1ccccc1)C(C)(C)C. The third kappa shape index (κ3) is 4.43. The molecule has 1 aromatic carbocycles. The molecule has 0 spiro atoms. The van der Waals surface area contributed by atoms with E-state index in [2.05, 4.69) is 39.6 Å². The molecular weight excluding hydrogens is 222 g/mol. The Morgan fingerprint density at radius 1 is 1.17 bits per heavy atom. The zero-order valence-corrected chi connectivity index (χ0v) is 12.4. The number of rotatable bonds is 5. The van der Waals surface area contributed by atoms with Crippen LogP contribution in [0.15, 0.2) is 30.3 Å². The van der Waals surface area contributed by atoms with Crippen molar-refractivity contribution in [3.05, 3.63) is 35.9 Å². The fourth-order valence-corrected chi connectivity index (χ4v) is 2.02. The van der Waals surface area contributed by atoms with Crippen LogP contribution in [0.4, 0.5) is 0 Å². The van der Waals surface area contributed by atoms with Gasteiger partial charge in [0.1, 0.15) is 0 Å². The number of nitrogens with zero attached hydrogens (tertiary/aromatic N) is 1. The van der Waals surface area contributed by atoms with Gasteiger partial charge in [-0.05, 0) is 31.4 Å². The van der Waals surface area contributed by atoms with Crippen LogP contribution < -0.4 is 0 Å². The minimum atomic E-state index is -0.360. The van der Waals surface area contributed by atoms with E-state index < -0.39 is 0 Å². The Bertz CT molecular complexity index is 342. The van der Waals surface area contributed by atoms with Gasteiger partial charge in [-0.25, -0.2) is 0 Å². The first-order chi connectivity index (χ1) is 8.32. The number of benzene rings is 1. The molecule has 18 heavy (non-hydrogen) atoms. The molecule has 1 aromatic rings. The average molecular weight is 249 g/mol. The Balaban J connectivity index is 2.46. The summed E-state index contributed by atoms with van der Waals surface area (Å²) in [5, 5.41) is 10.1. The van der Waals surface area contributed by atoms with Crippen molar-refractivity contribution in [3.63, 3.8) is 0 Å². The minimum Gasteiger partial charge on any atom is -0.388 e. The molecule has 0 saturated heterocycles. The first kappa shape index (κ1) is 15.2. The van der Waals surface area contributed by atoms with Crippen molar-refractivity contribution in [2.45, 2.75) is 46.3 Å². The molecule has 0 aromatic heterocycles. The van der Waals surface area contributed by atoms with Crippen molar-refractivity contribution in [1.82, 2.24) is 4.90 Å². The second kappa shape index (κ2) is 6.35. The fraction of sp³-hybridized carbons (Fsp3) is 0.625. The molecule has 0 aliphatic heterocycles. The van der Waals surface area contributed by atoms with E-state index in [1.165, 1.54) is 0 Å². The Labute approximate surface area is 112 Å². The Kier molecular flexibility index (Phi) is 5.36. The Morgan fingerprint density at radius 2 is 1.72 bits per heavy atom. The number of hydrogen-bond acceptors (Lipinski definition) is 2. The van der Waals surface area contributed by atoms with E-state index in [0.29, 0.717) is 6.04 Å². The van der Waals surface area contributed by atoms with Gasteiger partial charge in [0.2, 0.25) is 0 Å². The summed E-state index contributed by atoms with van der Waals surface area (Å²) in [6.45, 7) is 9.91. The minimum absolute atomic E-state index is 0.270. The molecule has 0 aliphatic rings. The van der Waals surface area contributed by atoms with E-state index in [4.69, 9.17) is 0 Å². The van der Waals surface area contributed by atoms with Gasteiger partial charge in [-0.2, -0.15) is 0 Å². The van der Waals surface area contributed by atoms with Crippen molar-refractivity contribution in [1.29, 1.82) is 0 Å². The molecule has 102 valence electrons. The van der Waals surface area contributed by atoms with Crippen LogP contribution >= 0.6 is 0 Å². The van der Waals surface area contributed by atoms with Crippen molar-refractivity contribution in [2.75, 3.05) is 13.6 Å². The molecule has 0 saturated carbocycles. The third-order valence-electron chi connectivity index (χ3n) is 3.85. The van der Waals surface area contributed by atoms with E-state index in [0.717, 1.165) is 18.5 Å². The lowest BCUT2D eigenvalue weighted by Gasteiger charge is -2.35. The highest BCUT2D eigenvalue weighted by Crippen LogP contribution is 2.24. The maximum absolute atomic E-state index is 10.1. The summed E-state index contributed by atoms with van der Waals surface area (Å²) < 4.78 is 0. The Morgan fingerprint density at radius 3 is 2.22 bits per heavy atom. The lowest BCUT2D eigenvalue weighted by atomic mass is 9.87. The molecule has 0 aliphatic carbocycles. The molecule has 1 rings (SSSR count). The van der Waals surface area contributed by atoms with Crippen LogP contribution in [0.2, 0.25) is 0 Å². The fourth-order valence-electron chi connectivity index (χ4n) is 2.02. The molecule has 0 radical (unpaired) electrons. The van der Waals surface area contributed by atoms with E-state index in [-0.39, 0.29) is 11.5 Å². The number of aliphatic hydroxyl groups is 1. The van der Waals surface area contributed by atoms with Crippen LogP contribution in [0.3, 0.4) is 0 Å². The van der Waals surface area contributed by atoms with Gasteiger partial charge in [0.25, 0.3) is 0 Å². The molecule has 0 fully saturated rings. The van der Waals surface area contributed by atoms with Gasteiger partial charge >= 0.3 is 0 Å². The van der Waals surface area contributed by atoms with Gasteiger partial charge in [-0.1, -0.05) is 51.1 Å². The van der Waals surface area contributed by atoms with Crippen LogP contribution in [-0.2, 0) is 0 Å². The van der Waals surface area contributed by atoms with Crippen LogP contribution in [0.25, 0.3) is 0 Å². The van der Waals surface area contributed by atoms with Gasteiger partial charge in [-0.3, -0.25) is 0 Å². The molecule has 0 heterocycles. The molecule has 2 nitrogen and oxygen atoms in total. The zero-order chi connectivity index (χ0) is 13.8. The van der Waals surface area contributed by atoms with Crippen LogP contribution in [-0.4, -0.2) is 29.6 Å². The standard InChI is InChI=1S/C16H27NO/c1-13(16(2,3)4)17(5)12-11-15(18)14-9-7-6-8-10-14/h6-10,13,15,18H,11-12H2,1-5H3/t13?,15-/m1/s1. The molecule has 1 unspecified atom stereocenters. The topological polar surface area (TPSA) is 23.5 Å². The quantitative estimate of drug-likeness (QED) is 0.863. The van der Waals surface area contributed by atoms with Crippen molar-refractivity contribution in [3.8, 4) is 0 Å². The molecule has 1 N–H and O–H groups in total. The summed E-state index contributed by atoms with van der Waals surface area (Å²) in [4.78, 5) is 2.33. The van der Waals surface area contributed by atoms with E-state index in [9.17, 15) is 5.11 Å². The van der Waals surface area contributed by atoms with Gasteiger partial charge in [0.15, 0.2) is 0 Å². The first-order valence-electron chi connectivity index (χ1n) is 6.75. The van der Waals surface area contributed by atoms with Crippen LogP contribution in [0.1, 0.15) is 45.8 Å². The maximum Gasteiger partial charge on any atom is 0.0802 e. The smallest absolute Gasteiger partial charge is 0.0802 e. The summed E-state index contributed by atoms with van der Waals surface area (Å²) in [6.07, 6.45) is 0.418. The van der Waals surface area contributed by atoms with E-state index >= 15 is 0 Å². The summed E-state index contributed by atoms with van der Waals surface area (Å²) in [5.41, 5.74) is 1.28. The molecule has 0 amide bonds. The molecule has 0 bridgehead atoms. The van der Waals surface area contributed by atoms with Crippen LogP contribution in [0, 0.1) is 5.41 Å². The van der Waals surface area contributed by atoms with Gasteiger partial charge in [0, 0.05) is 12.6 Å². The second-order valence-corrected chi connectivity index (χ2v) is 6.24.